The molecule has 0 heterocycles. The van der Waals surface area contributed by atoms with Crippen molar-refractivity contribution in [3.63, 3.8) is 0 Å². The van der Waals surface area contributed by atoms with Gasteiger partial charge in [-0.05, 0) is 57.9 Å². The Morgan fingerprint density at radius 1 is 1.00 bits per heavy atom. The second kappa shape index (κ2) is 4.61. The molecule has 110 valence electrons. The van der Waals surface area contributed by atoms with Gasteiger partial charge in [0.1, 0.15) is 0 Å². The Morgan fingerprint density at radius 3 is 1.90 bits per heavy atom. The van der Waals surface area contributed by atoms with Gasteiger partial charge in [-0.25, -0.2) is 0 Å². The number of fused-ring (bicyclic) bond motifs is 1. The van der Waals surface area contributed by atoms with Crippen LogP contribution in [0.3, 0.4) is 0 Å². The maximum absolute atomic E-state index is 8.84. The average Bonchev–Trinajstić information content (AvgIpc) is 2.37. The van der Waals surface area contributed by atoms with Gasteiger partial charge in [0.25, 0.3) is 0 Å². The fraction of sp³-hybridized carbons (Fsp3) is 0.611. The Morgan fingerprint density at radius 2 is 1.45 bits per heavy atom. The molecule has 1 aliphatic carbocycles. The normalized spacial score (nSPS) is 27.6. The second-order valence-electron chi connectivity index (χ2n) is 7.52. The minimum Gasteiger partial charge on any atom is -0.411 e. The van der Waals surface area contributed by atoms with Gasteiger partial charge in [0, 0.05) is 0 Å². The summed E-state index contributed by atoms with van der Waals surface area (Å²) < 4.78 is 0. The Labute approximate surface area is 122 Å². The van der Waals surface area contributed by atoms with Crippen LogP contribution in [-0.2, 0) is 10.8 Å². The van der Waals surface area contributed by atoms with Crippen molar-refractivity contribution in [3.8, 4) is 0 Å². The Kier molecular flexibility index (Phi) is 3.48. The fourth-order valence-electron chi connectivity index (χ4n) is 3.73. The summed E-state index contributed by atoms with van der Waals surface area (Å²) in [6, 6.07) is 4.50. The third kappa shape index (κ3) is 1.97. The first-order chi connectivity index (χ1) is 9.14. The summed E-state index contributed by atoms with van der Waals surface area (Å²) in [4.78, 5) is 0. The molecule has 1 aromatic carbocycles. The molecule has 0 bridgehead atoms. The van der Waals surface area contributed by atoms with Crippen LogP contribution < -0.4 is 0 Å². The smallest absolute Gasteiger partial charge is 0.0736 e. The third-order valence-corrected chi connectivity index (χ3v) is 6.02. The Hall–Kier alpha value is -1.31. The molecular formula is C18H27NO. The van der Waals surface area contributed by atoms with E-state index < -0.39 is 0 Å². The predicted octanol–water partition coefficient (Wildman–Crippen LogP) is 4.64. The van der Waals surface area contributed by atoms with Gasteiger partial charge in [-0.2, -0.15) is 0 Å². The topological polar surface area (TPSA) is 32.6 Å². The molecular weight excluding hydrogens is 246 g/mol. The number of rotatable bonds is 1. The summed E-state index contributed by atoms with van der Waals surface area (Å²) in [5.41, 5.74) is 5.33. The molecule has 0 radical (unpaired) electrons. The van der Waals surface area contributed by atoms with E-state index in [4.69, 9.17) is 5.21 Å². The van der Waals surface area contributed by atoms with Crippen molar-refractivity contribution in [2.24, 2.45) is 17.0 Å². The van der Waals surface area contributed by atoms with Crippen LogP contribution in [-0.4, -0.2) is 11.4 Å². The minimum atomic E-state index is 0.135. The summed E-state index contributed by atoms with van der Waals surface area (Å²) in [6.07, 6.45) is 1.54. The third-order valence-electron chi connectivity index (χ3n) is 6.02. The van der Waals surface area contributed by atoms with Gasteiger partial charge in [0.05, 0.1) is 6.21 Å². The van der Waals surface area contributed by atoms with Crippen LogP contribution in [0.15, 0.2) is 17.3 Å². The van der Waals surface area contributed by atoms with E-state index in [1.54, 1.807) is 6.21 Å². The maximum Gasteiger partial charge on any atom is 0.0736 e. The number of hydrogen-bond acceptors (Lipinski definition) is 2. The number of aryl methyl sites for hydroxylation is 1. The van der Waals surface area contributed by atoms with E-state index in [1.807, 2.05) is 0 Å². The van der Waals surface area contributed by atoms with Crippen molar-refractivity contribution >= 4 is 6.21 Å². The molecule has 0 aromatic heterocycles. The molecule has 2 atom stereocenters. The Bertz CT molecular complexity index is 555. The van der Waals surface area contributed by atoms with Crippen LogP contribution in [0.5, 0.6) is 0 Å². The molecule has 0 unspecified atom stereocenters. The molecule has 2 nitrogen and oxygen atoms in total. The van der Waals surface area contributed by atoms with E-state index in [2.05, 4.69) is 65.8 Å². The van der Waals surface area contributed by atoms with Crippen molar-refractivity contribution in [1.29, 1.82) is 0 Å². The van der Waals surface area contributed by atoms with Gasteiger partial charge >= 0.3 is 0 Å². The SMILES string of the molecule is Cc1cc2c(cc1C=NO)C(C)(C)[C@@H](C)[C@H](C)C2(C)C. The highest BCUT2D eigenvalue weighted by molar-refractivity contribution is 5.82. The van der Waals surface area contributed by atoms with Crippen LogP contribution in [0, 0.1) is 18.8 Å². The number of oxime groups is 1. The van der Waals surface area contributed by atoms with Gasteiger partial charge in [-0.15, -0.1) is 0 Å². The first-order valence-electron chi connectivity index (χ1n) is 7.47. The zero-order chi connectivity index (χ0) is 15.3. The molecule has 1 aromatic rings. The highest BCUT2D eigenvalue weighted by Gasteiger charge is 2.46. The van der Waals surface area contributed by atoms with E-state index in [1.165, 1.54) is 16.7 Å². The molecule has 0 amide bonds. The molecule has 0 fully saturated rings. The van der Waals surface area contributed by atoms with Crippen LogP contribution in [0.1, 0.15) is 63.8 Å². The summed E-state index contributed by atoms with van der Waals surface area (Å²) in [5, 5.41) is 12.1. The minimum absolute atomic E-state index is 0.135. The summed E-state index contributed by atoms with van der Waals surface area (Å²) in [7, 11) is 0. The van der Waals surface area contributed by atoms with E-state index in [0.717, 1.165) is 5.56 Å². The molecule has 1 N–H and O–H groups in total. The van der Waals surface area contributed by atoms with Crippen LogP contribution in [0.25, 0.3) is 0 Å². The lowest BCUT2D eigenvalue weighted by Gasteiger charge is -2.51. The highest BCUT2D eigenvalue weighted by Crippen LogP contribution is 2.52. The Balaban J connectivity index is 2.77. The maximum atomic E-state index is 8.84. The van der Waals surface area contributed by atoms with E-state index in [9.17, 15) is 0 Å². The van der Waals surface area contributed by atoms with E-state index in [-0.39, 0.29) is 10.8 Å². The zero-order valence-corrected chi connectivity index (χ0v) is 13.8. The lowest BCUT2D eigenvalue weighted by molar-refractivity contribution is 0.144. The van der Waals surface area contributed by atoms with Crippen molar-refractivity contribution in [2.75, 3.05) is 0 Å². The quantitative estimate of drug-likeness (QED) is 0.451. The largest absolute Gasteiger partial charge is 0.411 e. The monoisotopic (exact) mass is 273 g/mol. The van der Waals surface area contributed by atoms with Gasteiger partial charge < -0.3 is 5.21 Å². The average molecular weight is 273 g/mol. The van der Waals surface area contributed by atoms with Crippen LogP contribution >= 0.6 is 0 Å². The molecule has 0 saturated heterocycles. The lowest BCUT2D eigenvalue weighted by atomic mass is 9.53. The molecule has 0 spiro atoms. The van der Waals surface area contributed by atoms with Crippen molar-refractivity contribution in [1.82, 2.24) is 0 Å². The summed E-state index contributed by atoms with van der Waals surface area (Å²) in [5.74, 6) is 1.23. The summed E-state index contributed by atoms with van der Waals surface area (Å²) >= 11 is 0. The first kappa shape index (κ1) is 15.1. The van der Waals surface area contributed by atoms with Crippen molar-refractivity contribution in [3.05, 3.63) is 34.4 Å². The van der Waals surface area contributed by atoms with Gasteiger partial charge in [-0.3, -0.25) is 0 Å². The van der Waals surface area contributed by atoms with Crippen molar-refractivity contribution in [2.45, 2.75) is 59.3 Å². The summed E-state index contributed by atoms with van der Waals surface area (Å²) in [6.45, 7) is 16.2. The molecule has 0 aliphatic heterocycles. The lowest BCUT2D eigenvalue weighted by Crippen LogP contribution is -2.46. The second-order valence-corrected chi connectivity index (χ2v) is 7.52. The van der Waals surface area contributed by atoms with Gasteiger partial charge in [-0.1, -0.05) is 52.8 Å². The molecule has 2 rings (SSSR count). The molecule has 2 heteroatoms. The van der Waals surface area contributed by atoms with Gasteiger partial charge in [0.15, 0.2) is 0 Å². The molecule has 1 aliphatic rings. The number of nitrogens with zero attached hydrogens (tertiary/aromatic N) is 1. The first-order valence-corrected chi connectivity index (χ1v) is 7.47. The standard InChI is InChI=1S/C18H27NO/c1-11-8-15-16(9-14(11)10-19-20)18(6,7)13(3)12(2)17(15,4)5/h8-10,12-13,20H,1-7H3/t12-,13-/m0/s1. The fourth-order valence-corrected chi connectivity index (χ4v) is 3.73. The number of benzene rings is 1. The van der Waals surface area contributed by atoms with Crippen LogP contribution in [0.2, 0.25) is 0 Å². The molecule has 20 heavy (non-hydrogen) atoms. The number of hydrogen-bond donors (Lipinski definition) is 1. The predicted molar refractivity (Wildman–Crippen MR) is 84.9 cm³/mol. The van der Waals surface area contributed by atoms with E-state index in [0.29, 0.717) is 11.8 Å². The van der Waals surface area contributed by atoms with Crippen LogP contribution in [0.4, 0.5) is 0 Å². The van der Waals surface area contributed by atoms with Crippen molar-refractivity contribution < 1.29 is 5.21 Å². The zero-order valence-electron chi connectivity index (χ0n) is 13.8. The molecule has 0 saturated carbocycles. The van der Waals surface area contributed by atoms with Gasteiger partial charge in [0.2, 0.25) is 0 Å². The highest BCUT2D eigenvalue weighted by atomic mass is 16.4. The van der Waals surface area contributed by atoms with E-state index >= 15 is 0 Å².